The van der Waals surface area contributed by atoms with Crippen LogP contribution in [0.4, 0.5) is 0 Å². The zero-order valence-corrected chi connectivity index (χ0v) is 17.6. The van der Waals surface area contributed by atoms with Crippen molar-refractivity contribution in [2.75, 3.05) is 0 Å². The first-order valence-electron chi connectivity index (χ1n) is 9.04. The van der Waals surface area contributed by atoms with Gasteiger partial charge in [0.15, 0.2) is 6.10 Å². The van der Waals surface area contributed by atoms with Crippen LogP contribution in [0.3, 0.4) is 0 Å². The van der Waals surface area contributed by atoms with E-state index in [1.54, 1.807) is 11.8 Å². The van der Waals surface area contributed by atoms with Crippen molar-refractivity contribution in [3.05, 3.63) is 65.0 Å². The molecule has 0 saturated heterocycles. The van der Waals surface area contributed by atoms with E-state index in [1.165, 1.54) is 0 Å². The summed E-state index contributed by atoms with van der Waals surface area (Å²) in [5.74, 6) is 1.39. The lowest BCUT2D eigenvalue weighted by molar-refractivity contribution is -0.140. The monoisotopic (exact) mass is 443 g/mol. The number of carbonyl (C=O) groups is 1. The summed E-state index contributed by atoms with van der Waals surface area (Å²) in [6.07, 6.45) is -0.639. The van der Waals surface area contributed by atoms with Gasteiger partial charge in [-0.1, -0.05) is 51.4 Å². The first kappa shape index (κ1) is 20.1. The summed E-state index contributed by atoms with van der Waals surface area (Å²) in [5.41, 5.74) is 0.867. The number of ether oxygens (including phenoxy) is 1. The quantitative estimate of drug-likeness (QED) is 0.528. The molecule has 1 aromatic heterocycles. The van der Waals surface area contributed by atoms with Gasteiger partial charge >= 0.3 is 0 Å². The van der Waals surface area contributed by atoms with Crippen LogP contribution in [-0.4, -0.2) is 33.1 Å². The Kier molecular flexibility index (Phi) is 6.46. The third-order valence-corrected chi connectivity index (χ3v) is 4.72. The number of carbonyl (C=O) groups excluding carboxylic acids is 1. The number of hydrogen-bond donors (Lipinski definition) is 0. The summed E-state index contributed by atoms with van der Waals surface area (Å²) in [6.45, 7) is 5.85. The topological polar surface area (TPSA) is 68.5 Å². The maximum atomic E-state index is 12.9. The SMILES string of the molecule is CC(C)N(Cc1nc(-c2ccccc2)no1)C(=O)[C@@H](C)Oc1ccc(Br)cc1. The number of nitrogens with zero attached hydrogens (tertiary/aromatic N) is 3. The molecule has 0 unspecified atom stereocenters. The fourth-order valence-corrected chi connectivity index (χ4v) is 2.95. The summed E-state index contributed by atoms with van der Waals surface area (Å²) in [7, 11) is 0. The van der Waals surface area contributed by atoms with Crippen LogP contribution in [-0.2, 0) is 11.3 Å². The molecule has 1 amide bonds. The number of hydrogen-bond acceptors (Lipinski definition) is 5. The van der Waals surface area contributed by atoms with Crippen LogP contribution in [0.2, 0.25) is 0 Å². The summed E-state index contributed by atoms with van der Waals surface area (Å²) >= 11 is 3.38. The van der Waals surface area contributed by atoms with E-state index < -0.39 is 6.10 Å². The Morgan fingerprint density at radius 1 is 1.11 bits per heavy atom. The molecule has 0 aliphatic rings. The molecule has 0 aliphatic carbocycles. The normalized spacial score (nSPS) is 12.0. The summed E-state index contributed by atoms with van der Waals surface area (Å²) < 4.78 is 12.1. The van der Waals surface area contributed by atoms with Gasteiger partial charge in [-0.3, -0.25) is 4.79 Å². The molecule has 7 heteroatoms. The van der Waals surface area contributed by atoms with E-state index in [9.17, 15) is 4.79 Å². The van der Waals surface area contributed by atoms with Gasteiger partial charge in [0.05, 0.1) is 0 Å². The van der Waals surface area contributed by atoms with Gasteiger partial charge in [-0.2, -0.15) is 4.98 Å². The van der Waals surface area contributed by atoms with Crippen molar-refractivity contribution >= 4 is 21.8 Å². The maximum absolute atomic E-state index is 12.9. The van der Waals surface area contributed by atoms with E-state index in [-0.39, 0.29) is 18.5 Å². The van der Waals surface area contributed by atoms with Crippen LogP contribution < -0.4 is 4.74 Å². The van der Waals surface area contributed by atoms with Crippen molar-refractivity contribution in [2.24, 2.45) is 0 Å². The molecular formula is C21H22BrN3O3. The van der Waals surface area contributed by atoms with Gasteiger partial charge in [-0.25, -0.2) is 0 Å². The third kappa shape index (κ3) is 4.98. The molecule has 0 bridgehead atoms. The second-order valence-corrected chi connectivity index (χ2v) is 7.57. The summed E-state index contributed by atoms with van der Waals surface area (Å²) in [5, 5.41) is 4.02. The van der Waals surface area contributed by atoms with E-state index in [2.05, 4.69) is 26.1 Å². The zero-order chi connectivity index (χ0) is 20.1. The molecule has 0 N–H and O–H groups in total. The standard InChI is InChI=1S/C21H22BrN3O3/c1-14(2)25(21(26)15(3)27-18-11-9-17(22)10-12-18)13-19-23-20(24-28-19)16-7-5-4-6-8-16/h4-12,14-15H,13H2,1-3H3/t15-/m1/s1. The molecule has 6 nitrogen and oxygen atoms in total. The highest BCUT2D eigenvalue weighted by Gasteiger charge is 2.26. The average Bonchev–Trinajstić information content (AvgIpc) is 3.16. The molecule has 0 saturated carbocycles. The van der Waals surface area contributed by atoms with Gasteiger partial charge in [0, 0.05) is 16.1 Å². The van der Waals surface area contributed by atoms with E-state index in [0.29, 0.717) is 17.5 Å². The van der Waals surface area contributed by atoms with Crippen molar-refractivity contribution < 1.29 is 14.1 Å². The average molecular weight is 444 g/mol. The number of aromatic nitrogens is 2. The molecule has 28 heavy (non-hydrogen) atoms. The number of amides is 1. The van der Waals surface area contributed by atoms with Crippen LogP contribution in [0.1, 0.15) is 26.7 Å². The van der Waals surface area contributed by atoms with Crippen molar-refractivity contribution in [3.8, 4) is 17.1 Å². The fourth-order valence-electron chi connectivity index (χ4n) is 2.69. The van der Waals surface area contributed by atoms with Crippen LogP contribution in [0.25, 0.3) is 11.4 Å². The molecule has 146 valence electrons. The highest BCUT2D eigenvalue weighted by molar-refractivity contribution is 9.10. The Balaban J connectivity index is 1.70. The first-order valence-corrected chi connectivity index (χ1v) is 9.84. The molecule has 1 heterocycles. The van der Waals surface area contributed by atoms with E-state index in [1.807, 2.05) is 68.4 Å². The molecule has 0 aliphatic heterocycles. The zero-order valence-electron chi connectivity index (χ0n) is 16.0. The number of halogens is 1. The van der Waals surface area contributed by atoms with E-state index >= 15 is 0 Å². The van der Waals surface area contributed by atoms with E-state index in [0.717, 1.165) is 10.0 Å². The third-order valence-electron chi connectivity index (χ3n) is 4.19. The molecule has 3 aromatic rings. The van der Waals surface area contributed by atoms with Crippen molar-refractivity contribution in [1.82, 2.24) is 15.0 Å². The van der Waals surface area contributed by atoms with Gasteiger partial charge in [0.25, 0.3) is 5.91 Å². The lowest BCUT2D eigenvalue weighted by Gasteiger charge is -2.28. The molecule has 0 radical (unpaired) electrons. The Morgan fingerprint density at radius 2 is 1.79 bits per heavy atom. The molecular weight excluding hydrogens is 422 g/mol. The first-order chi connectivity index (χ1) is 13.4. The lowest BCUT2D eigenvalue weighted by atomic mass is 10.2. The van der Waals surface area contributed by atoms with Gasteiger partial charge in [0.2, 0.25) is 11.7 Å². The van der Waals surface area contributed by atoms with Crippen LogP contribution in [0, 0.1) is 0 Å². The minimum absolute atomic E-state index is 0.0458. The minimum atomic E-state index is -0.639. The predicted molar refractivity (Wildman–Crippen MR) is 110 cm³/mol. The molecule has 1 atom stereocenters. The van der Waals surface area contributed by atoms with Crippen molar-refractivity contribution in [1.29, 1.82) is 0 Å². The highest BCUT2D eigenvalue weighted by Crippen LogP contribution is 2.20. The summed E-state index contributed by atoms with van der Waals surface area (Å²) in [6, 6.07) is 16.9. The van der Waals surface area contributed by atoms with E-state index in [4.69, 9.17) is 9.26 Å². The minimum Gasteiger partial charge on any atom is -0.481 e. The second kappa shape index (κ2) is 9.01. The van der Waals surface area contributed by atoms with Gasteiger partial charge in [-0.05, 0) is 45.0 Å². The molecule has 0 fully saturated rings. The molecule has 0 spiro atoms. The van der Waals surface area contributed by atoms with Crippen molar-refractivity contribution in [3.63, 3.8) is 0 Å². The maximum Gasteiger partial charge on any atom is 0.264 e. The summed E-state index contributed by atoms with van der Waals surface area (Å²) in [4.78, 5) is 19.0. The highest BCUT2D eigenvalue weighted by atomic mass is 79.9. The number of benzene rings is 2. The molecule has 3 rings (SSSR count). The van der Waals surface area contributed by atoms with Gasteiger partial charge < -0.3 is 14.2 Å². The Morgan fingerprint density at radius 3 is 2.43 bits per heavy atom. The smallest absolute Gasteiger partial charge is 0.264 e. The number of rotatable bonds is 7. The Labute approximate surface area is 172 Å². The Hall–Kier alpha value is -2.67. The largest absolute Gasteiger partial charge is 0.481 e. The molecule has 2 aromatic carbocycles. The van der Waals surface area contributed by atoms with Crippen LogP contribution >= 0.6 is 15.9 Å². The van der Waals surface area contributed by atoms with Gasteiger partial charge in [-0.15, -0.1) is 0 Å². The predicted octanol–water partition coefficient (Wildman–Crippen LogP) is 4.70. The second-order valence-electron chi connectivity index (χ2n) is 6.65. The van der Waals surface area contributed by atoms with Crippen LogP contribution in [0.5, 0.6) is 5.75 Å². The lowest BCUT2D eigenvalue weighted by Crippen LogP contribution is -2.43. The Bertz CT molecular complexity index is 910. The fraction of sp³-hybridized carbons (Fsp3) is 0.286. The van der Waals surface area contributed by atoms with Gasteiger partial charge in [0.1, 0.15) is 12.3 Å². The van der Waals surface area contributed by atoms with Crippen LogP contribution in [0.15, 0.2) is 63.6 Å². The van der Waals surface area contributed by atoms with Crippen molar-refractivity contribution in [2.45, 2.75) is 39.5 Å².